The number of hydrogen-bond donors (Lipinski definition) is 0. The number of hydrogen-bond acceptors (Lipinski definition) is 4. The van der Waals surface area contributed by atoms with Gasteiger partial charge in [-0.05, 0) is 46.5 Å². The van der Waals surface area contributed by atoms with Crippen LogP contribution in [0.15, 0.2) is 149 Å². The van der Waals surface area contributed by atoms with Crippen LogP contribution >= 0.6 is 0 Å². The summed E-state index contributed by atoms with van der Waals surface area (Å²) in [5.74, 6) is 1.53. The van der Waals surface area contributed by atoms with Crippen LogP contribution in [-0.2, 0) is 0 Å². The van der Waals surface area contributed by atoms with Crippen molar-refractivity contribution in [2.45, 2.75) is 0 Å². The van der Waals surface area contributed by atoms with Crippen molar-refractivity contribution >= 4 is 21.8 Å². The van der Waals surface area contributed by atoms with Crippen LogP contribution in [0.2, 0.25) is 0 Å². The van der Waals surface area contributed by atoms with E-state index in [1.807, 2.05) is 0 Å². The Morgan fingerprint density at radius 3 is 1.32 bits per heavy atom. The largest absolute Gasteiger partial charge is 0.444 e. The van der Waals surface area contributed by atoms with E-state index in [-0.39, 0.29) is 0 Å². The summed E-state index contributed by atoms with van der Waals surface area (Å²) < 4.78 is 13.3. The molecule has 0 spiro atoms. The quantitative estimate of drug-likeness (QED) is 0.223. The summed E-state index contributed by atoms with van der Waals surface area (Å²) in [6, 6.07) is 40.9. The van der Waals surface area contributed by atoms with E-state index in [0.29, 0.717) is 0 Å². The van der Waals surface area contributed by atoms with E-state index in [9.17, 15) is 0 Å². The molecule has 8 aromatic rings. The molecule has 3 heterocycles. The van der Waals surface area contributed by atoms with Gasteiger partial charge in [0.05, 0.1) is 23.4 Å². The monoisotopic (exact) mass is 529 g/mol. The summed E-state index contributed by atoms with van der Waals surface area (Å²) in [5.41, 5.74) is 10.1. The minimum Gasteiger partial charge on any atom is -0.444 e. The fourth-order valence-corrected chi connectivity index (χ4v) is 5.60. The number of rotatable bonds is 5. The Balaban J connectivity index is 1.27. The Bertz CT molecular complexity index is 1970. The van der Waals surface area contributed by atoms with Gasteiger partial charge in [-0.3, -0.25) is 0 Å². The van der Waals surface area contributed by atoms with Crippen molar-refractivity contribution in [3.8, 4) is 50.6 Å². The lowest BCUT2D eigenvalue weighted by atomic mass is 10.00. The van der Waals surface area contributed by atoms with Crippen LogP contribution in [0, 0.1) is 0 Å². The van der Waals surface area contributed by atoms with Crippen LogP contribution in [0.1, 0.15) is 0 Å². The highest BCUT2D eigenvalue weighted by molar-refractivity contribution is 6.11. The van der Waals surface area contributed by atoms with Crippen molar-refractivity contribution in [2.24, 2.45) is 0 Å². The molecule has 5 heteroatoms. The molecule has 5 nitrogen and oxygen atoms in total. The predicted molar refractivity (Wildman–Crippen MR) is 163 cm³/mol. The van der Waals surface area contributed by atoms with Crippen LogP contribution in [0.5, 0.6) is 0 Å². The number of fused-ring (bicyclic) bond motifs is 3. The molecule has 0 bridgehead atoms. The van der Waals surface area contributed by atoms with Gasteiger partial charge in [0.2, 0.25) is 0 Å². The van der Waals surface area contributed by atoms with Gasteiger partial charge in [0.1, 0.15) is 0 Å². The van der Waals surface area contributed by atoms with Crippen LogP contribution in [0.4, 0.5) is 0 Å². The summed E-state index contributed by atoms with van der Waals surface area (Å²) in [6.45, 7) is 0. The van der Waals surface area contributed by atoms with E-state index >= 15 is 0 Å². The highest BCUT2D eigenvalue weighted by Crippen LogP contribution is 2.37. The molecule has 0 aliphatic heterocycles. The highest BCUT2D eigenvalue weighted by atomic mass is 16.3. The highest BCUT2D eigenvalue weighted by Gasteiger charge is 2.15. The Hall–Kier alpha value is -5.68. The average Bonchev–Trinajstić information content (AvgIpc) is 3.82. The van der Waals surface area contributed by atoms with Gasteiger partial charge in [-0.15, -0.1) is 0 Å². The lowest BCUT2D eigenvalue weighted by Gasteiger charge is -2.10. The van der Waals surface area contributed by atoms with E-state index in [4.69, 9.17) is 8.83 Å². The fourth-order valence-electron chi connectivity index (χ4n) is 5.60. The fraction of sp³-hybridized carbons (Fsp3) is 0. The van der Waals surface area contributed by atoms with Crippen LogP contribution in [-0.4, -0.2) is 14.5 Å². The third-order valence-electron chi connectivity index (χ3n) is 7.65. The molecular formula is C36H23N3O2. The zero-order valence-corrected chi connectivity index (χ0v) is 21.9. The molecule has 0 unspecified atom stereocenters. The number of oxazole rings is 2. The summed E-state index contributed by atoms with van der Waals surface area (Å²) in [7, 11) is 0. The van der Waals surface area contributed by atoms with Crippen molar-refractivity contribution < 1.29 is 8.83 Å². The van der Waals surface area contributed by atoms with Crippen molar-refractivity contribution in [1.82, 2.24) is 14.5 Å². The maximum absolute atomic E-state index is 5.46. The van der Waals surface area contributed by atoms with E-state index < -0.39 is 0 Å². The van der Waals surface area contributed by atoms with E-state index in [0.717, 1.165) is 50.6 Å². The normalized spacial score (nSPS) is 11.4. The Kier molecular flexibility index (Phi) is 5.38. The average molecular weight is 530 g/mol. The Morgan fingerprint density at radius 2 is 0.878 bits per heavy atom. The van der Waals surface area contributed by atoms with Gasteiger partial charge in [0.25, 0.3) is 0 Å². The van der Waals surface area contributed by atoms with Crippen LogP contribution in [0.25, 0.3) is 72.4 Å². The van der Waals surface area contributed by atoms with Crippen molar-refractivity contribution in [3.63, 3.8) is 0 Å². The Morgan fingerprint density at radius 1 is 0.439 bits per heavy atom. The van der Waals surface area contributed by atoms with Gasteiger partial charge in [-0.25, -0.2) is 9.97 Å². The van der Waals surface area contributed by atoms with Gasteiger partial charge >= 0.3 is 0 Å². The molecule has 41 heavy (non-hydrogen) atoms. The predicted octanol–water partition coefficient (Wildman–Crippen LogP) is 9.43. The standard InChI is InChI=1S/C36H23N3O2/c1-2-4-30(5-3-1)39-33-18-28(24-6-10-26(11-7-24)35-20-37-22-40-35)14-16-31(33)32-17-15-29(19-34(32)39)25-8-12-27(13-9-25)36-21-38-23-41-36/h1-23H. The van der Waals surface area contributed by atoms with Gasteiger partial charge in [-0.1, -0.05) is 91.0 Å². The van der Waals surface area contributed by atoms with E-state index in [1.165, 1.54) is 34.6 Å². The smallest absolute Gasteiger partial charge is 0.181 e. The van der Waals surface area contributed by atoms with Gasteiger partial charge in [0.15, 0.2) is 24.3 Å². The molecule has 5 aromatic carbocycles. The summed E-state index contributed by atoms with van der Waals surface area (Å²) in [4.78, 5) is 8.07. The molecule has 194 valence electrons. The first kappa shape index (κ1) is 23.2. The first-order chi connectivity index (χ1) is 20.3. The second-order valence-corrected chi connectivity index (χ2v) is 10.0. The van der Waals surface area contributed by atoms with Crippen molar-refractivity contribution in [2.75, 3.05) is 0 Å². The van der Waals surface area contributed by atoms with Gasteiger partial charge in [-0.2, -0.15) is 0 Å². The van der Waals surface area contributed by atoms with E-state index in [2.05, 4.69) is 130 Å². The molecule has 3 aromatic heterocycles. The molecule has 0 amide bonds. The Labute approximate surface area is 236 Å². The van der Waals surface area contributed by atoms with Gasteiger partial charge < -0.3 is 13.4 Å². The maximum atomic E-state index is 5.46. The maximum Gasteiger partial charge on any atom is 0.181 e. The topological polar surface area (TPSA) is 57.0 Å². The second-order valence-electron chi connectivity index (χ2n) is 10.0. The SMILES string of the molecule is c1ccc(-n2c3cc(-c4ccc(-c5cnco5)cc4)ccc3c3ccc(-c4ccc(-c5cnco5)cc4)cc32)cc1. The number of nitrogens with zero attached hydrogens (tertiary/aromatic N) is 3. The summed E-state index contributed by atoms with van der Waals surface area (Å²) in [5, 5.41) is 2.44. The van der Waals surface area contributed by atoms with E-state index in [1.54, 1.807) is 12.4 Å². The lowest BCUT2D eigenvalue weighted by molar-refractivity contribution is 0.571. The molecule has 0 N–H and O–H groups in total. The van der Waals surface area contributed by atoms with Crippen molar-refractivity contribution in [3.05, 3.63) is 140 Å². The van der Waals surface area contributed by atoms with Crippen molar-refractivity contribution in [1.29, 1.82) is 0 Å². The first-order valence-corrected chi connectivity index (χ1v) is 13.4. The molecule has 0 atom stereocenters. The minimum absolute atomic E-state index is 0.764. The molecule has 8 rings (SSSR count). The molecule has 0 saturated heterocycles. The molecular weight excluding hydrogens is 506 g/mol. The number of aromatic nitrogens is 3. The number of benzene rings is 5. The molecule has 0 aliphatic rings. The molecule has 0 fully saturated rings. The third kappa shape index (κ3) is 4.03. The first-order valence-electron chi connectivity index (χ1n) is 13.4. The zero-order valence-electron chi connectivity index (χ0n) is 21.9. The summed E-state index contributed by atoms with van der Waals surface area (Å²) >= 11 is 0. The minimum atomic E-state index is 0.764. The number of para-hydroxylation sites is 1. The molecule has 0 saturated carbocycles. The third-order valence-corrected chi connectivity index (χ3v) is 7.65. The lowest BCUT2D eigenvalue weighted by Crippen LogP contribution is -1.93. The summed E-state index contributed by atoms with van der Waals surface area (Å²) in [6.07, 6.45) is 6.38. The van der Waals surface area contributed by atoms with Gasteiger partial charge in [0, 0.05) is 27.6 Å². The zero-order chi connectivity index (χ0) is 27.2. The van der Waals surface area contributed by atoms with Crippen LogP contribution < -0.4 is 0 Å². The molecule has 0 radical (unpaired) electrons. The second kappa shape index (κ2) is 9.50. The molecule has 0 aliphatic carbocycles. The van der Waals surface area contributed by atoms with Crippen LogP contribution in [0.3, 0.4) is 0 Å².